The summed E-state index contributed by atoms with van der Waals surface area (Å²) in [4.78, 5) is 11.6. The highest BCUT2D eigenvalue weighted by Crippen LogP contribution is 2.32. The molecule has 1 saturated heterocycles. The Hall–Kier alpha value is -2.53. The van der Waals surface area contributed by atoms with Gasteiger partial charge in [0.05, 0.1) is 23.5 Å². The fourth-order valence-corrected chi connectivity index (χ4v) is 3.92. The summed E-state index contributed by atoms with van der Waals surface area (Å²) in [6.07, 6.45) is 0. The second-order valence-corrected chi connectivity index (χ2v) is 7.79. The van der Waals surface area contributed by atoms with Crippen molar-refractivity contribution in [2.45, 2.75) is 18.2 Å². The largest absolute Gasteiger partial charge is 0.322 e. The molecule has 2 aromatic carbocycles. The summed E-state index contributed by atoms with van der Waals surface area (Å²) >= 11 is 0. The SMILES string of the molecule is C.O=C(Nc1ccc(F)c(F)c1)c1cc(S(=O)(=O)N2CC(F)(F)C2)ccc1F. The van der Waals surface area contributed by atoms with Crippen LogP contribution in [0.5, 0.6) is 0 Å². The monoisotopic (exact) mass is 422 g/mol. The third kappa shape index (κ3) is 4.14. The number of sulfonamides is 1. The first kappa shape index (κ1) is 21.8. The van der Waals surface area contributed by atoms with E-state index in [9.17, 15) is 35.2 Å². The molecule has 11 heteroatoms. The van der Waals surface area contributed by atoms with E-state index >= 15 is 0 Å². The predicted octanol–water partition coefficient (Wildman–Crippen LogP) is 3.63. The van der Waals surface area contributed by atoms with Crippen LogP contribution in [0.2, 0.25) is 0 Å². The van der Waals surface area contributed by atoms with Crippen LogP contribution < -0.4 is 5.32 Å². The quantitative estimate of drug-likeness (QED) is 0.766. The number of amides is 1. The first-order valence-electron chi connectivity index (χ1n) is 7.43. The summed E-state index contributed by atoms with van der Waals surface area (Å²) in [6, 6.07) is 4.66. The van der Waals surface area contributed by atoms with Gasteiger partial charge in [-0.2, -0.15) is 4.31 Å². The van der Waals surface area contributed by atoms with E-state index in [-0.39, 0.29) is 13.1 Å². The van der Waals surface area contributed by atoms with Crippen LogP contribution in [0.15, 0.2) is 41.3 Å². The lowest BCUT2D eigenvalue weighted by molar-refractivity contribution is -0.0945. The van der Waals surface area contributed by atoms with Gasteiger partial charge in [0.25, 0.3) is 11.8 Å². The van der Waals surface area contributed by atoms with Crippen molar-refractivity contribution in [2.24, 2.45) is 0 Å². The number of nitrogens with zero attached hydrogens (tertiary/aromatic N) is 1. The summed E-state index contributed by atoms with van der Waals surface area (Å²) in [7, 11) is -4.33. The summed E-state index contributed by atoms with van der Waals surface area (Å²) < 4.78 is 90.9. The molecule has 5 nitrogen and oxygen atoms in total. The molecule has 28 heavy (non-hydrogen) atoms. The number of anilines is 1. The van der Waals surface area contributed by atoms with E-state index < -0.39 is 62.9 Å². The first-order valence-corrected chi connectivity index (χ1v) is 8.87. The highest BCUT2D eigenvalue weighted by Gasteiger charge is 2.49. The molecule has 3 rings (SSSR count). The Bertz CT molecular complexity index is 1020. The van der Waals surface area contributed by atoms with E-state index in [4.69, 9.17) is 0 Å². The predicted molar refractivity (Wildman–Crippen MR) is 91.1 cm³/mol. The second kappa shape index (κ2) is 7.47. The lowest BCUT2D eigenvalue weighted by Gasteiger charge is -2.37. The minimum absolute atomic E-state index is 0. The molecule has 0 unspecified atom stereocenters. The van der Waals surface area contributed by atoms with Crippen LogP contribution in [0.4, 0.5) is 27.6 Å². The standard InChI is InChI=1S/C16H11F5N2O3S.CH4/c17-12-4-2-10(27(25,26)23-7-16(20,21)8-23)6-11(12)15(24)22-9-1-3-13(18)14(19)5-9;/h1-6H,7-8H2,(H,22,24);1H4. The summed E-state index contributed by atoms with van der Waals surface area (Å²) in [5.41, 5.74) is -0.887. The maximum Gasteiger partial charge on any atom is 0.275 e. The fraction of sp³-hybridized carbons (Fsp3) is 0.235. The van der Waals surface area contributed by atoms with Gasteiger partial charge in [-0.05, 0) is 30.3 Å². The van der Waals surface area contributed by atoms with E-state index in [2.05, 4.69) is 5.32 Å². The Morgan fingerprint density at radius 2 is 1.57 bits per heavy atom. The van der Waals surface area contributed by atoms with E-state index in [0.717, 1.165) is 18.2 Å². The number of benzene rings is 2. The Balaban J connectivity index is 0.00000280. The molecule has 2 aromatic rings. The minimum Gasteiger partial charge on any atom is -0.322 e. The van der Waals surface area contributed by atoms with Crippen molar-refractivity contribution < 1.29 is 35.2 Å². The maximum atomic E-state index is 14.0. The first-order chi connectivity index (χ1) is 12.5. The molecule has 0 aromatic heterocycles. The Morgan fingerprint density at radius 3 is 2.14 bits per heavy atom. The van der Waals surface area contributed by atoms with Gasteiger partial charge in [-0.25, -0.2) is 30.4 Å². The molecular formula is C17H15F5N2O3S. The van der Waals surface area contributed by atoms with Crippen molar-refractivity contribution in [3.8, 4) is 0 Å². The molecule has 1 fully saturated rings. The lowest BCUT2D eigenvalue weighted by Crippen LogP contribution is -2.58. The summed E-state index contributed by atoms with van der Waals surface area (Å²) in [5, 5.41) is 2.10. The highest BCUT2D eigenvalue weighted by molar-refractivity contribution is 7.89. The van der Waals surface area contributed by atoms with Crippen LogP contribution in [0.3, 0.4) is 0 Å². The third-order valence-corrected chi connectivity index (χ3v) is 5.60. The molecule has 0 saturated carbocycles. The van der Waals surface area contributed by atoms with Crippen molar-refractivity contribution in [2.75, 3.05) is 18.4 Å². The Labute approximate surface area is 157 Å². The molecule has 152 valence electrons. The molecule has 0 bridgehead atoms. The highest BCUT2D eigenvalue weighted by atomic mass is 32.2. The Kier molecular flexibility index (Phi) is 5.81. The van der Waals surface area contributed by atoms with E-state index in [1.807, 2.05) is 0 Å². The van der Waals surface area contributed by atoms with E-state index in [1.165, 1.54) is 0 Å². The van der Waals surface area contributed by atoms with Crippen LogP contribution >= 0.6 is 0 Å². The molecule has 1 heterocycles. The number of hydrogen-bond donors (Lipinski definition) is 1. The van der Waals surface area contributed by atoms with Gasteiger partial charge in [-0.1, -0.05) is 7.43 Å². The number of rotatable bonds is 4. The van der Waals surface area contributed by atoms with Gasteiger partial charge >= 0.3 is 0 Å². The molecule has 1 N–H and O–H groups in total. The zero-order valence-corrected chi connectivity index (χ0v) is 14.2. The number of carbonyl (C=O) groups excluding carboxylic acids is 1. The van der Waals surface area contributed by atoms with Crippen molar-refractivity contribution in [1.82, 2.24) is 4.31 Å². The number of alkyl halides is 2. The van der Waals surface area contributed by atoms with Gasteiger partial charge in [0.1, 0.15) is 5.82 Å². The van der Waals surface area contributed by atoms with Gasteiger partial charge in [0.15, 0.2) is 11.6 Å². The molecule has 1 aliphatic heterocycles. The smallest absolute Gasteiger partial charge is 0.275 e. The van der Waals surface area contributed by atoms with Crippen molar-refractivity contribution in [1.29, 1.82) is 0 Å². The number of nitrogens with one attached hydrogen (secondary N) is 1. The van der Waals surface area contributed by atoms with Gasteiger partial charge in [-0.3, -0.25) is 4.79 Å². The topological polar surface area (TPSA) is 66.5 Å². The Morgan fingerprint density at radius 1 is 0.964 bits per heavy atom. The van der Waals surface area contributed by atoms with Crippen molar-refractivity contribution in [3.63, 3.8) is 0 Å². The zero-order valence-electron chi connectivity index (χ0n) is 13.3. The molecule has 0 radical (unpaired) electrons. The summed E-state index contributed by atoms with van der Waals surface area (Å²) in [5.74, 6) is -7.74. The van der Waals surface area contributed by atoms with Crippen LogP contribution in [0.25, 0.3) is 0 Å². The van der Waals surface area contributed by atoms with Gasteiger partial charge in [0, 0.05) is 11.8 Å². The molecule has 1 aliphatic rings. The number of halogens is 5. The average molecular weight is 422 g/mol. The second-order valence-electron chi connectivity index (χ2n) is 5.85. The van der Waals surface area contributed by atoms with E-state index in [0.29, 0.717) is 22.5 Å². The van der Waals surface area contributed by atoms with Gasteiger partial charge < -0.3 is 5.32 Å². The minimum atomic E-state index is -4.33. The van der Waals surface area contributed by atoms with Crippen molar-refractivity contribution >= 4 is 21.6 Å². The average Bonchev–Trinajstić information content (AvgIpc) is 2.56. The summed E-state index contributed by atoms with van der Waals surface area (Å²) in [6.45, 7) is -2.02. The van der Waals surface area contributed by atoms with Gasteiger partial charge in [-0.15, -0.1) is 0 Å². The van der Waals surface area contributed by atoms with Crippen LogP contribution in [-0.4, -0.2) is 37.6 Å². The fourth-order valence-electron chi connectivity index (χ4n) is 2.40. The maximum absolute atomic E-state index is 14.0. The number of hydrogen-bond acceptors (Lipinski definition) is 3. The lowest BCUT2D eigenvalue weighted by atomic mass is 10.2. The molecular weight excluding hydrogens is 407 g/mol. The van der Waals surface area contributed by atoms with E-state index in [1.54, 1.807) is 0 Å². The van der Waals surface area contributed by atoms with Gasteiger partial charge in [0.2, 0.25) is 10.0 Å². The van der Waals surface area contributed by atoms with Crippen LogP contribution in [0, 0.1) is 17.5 Å². The molecule has 0 aliphatic carbocycles. The molecule has 1 amide bonds. The number of carbonyl (C=O) groups is 1. The molecule has 0 atom stereocenters. The van der Waals surface area contributed by atoms with Crippen molar-refractivity contribution in [3.05, 3.63) is 59.4 Å². The van der Waals surface area contributed by atoms with Crippen LogP contribution in [0.1, 0.15) is 17.8 Å². The third-order valence-electron chi connectivity index (χ3n) is 3.81. The van der Waals surface area contributed by atoms with Crippen LogP contribution in [-0.2, 0) is 10.0 Å². The normalized spacial score (nSPS) is 16.0. The zero-order chi connectivity index (χ0) is 20.0. The molecule has 0 spiro atoms.